The van der Waals surface area contributed by atoms with Gasteiger partial charge in [0.05, 0.1) is 17.5 Å². The molecule has 0 spiro atoms. The van der Waals surface area contributed by atoms with E-state index in [-0.39, 0.29) is 23.7 Å². The van der Waals surface area contributed by atoms with Crippen molar-refractivity contribution in [2.75, 3.05) is 4.90 Å². The molecule has 0 bridgehead atoms. The minimum absolute atomic E-state index is 0.0526. The fourth-order valence-electron chi connectivity index (χ4n) is 3.01. The maximum Gasteiger partial charge on any atom is 0.238 e. The molecule has 3 rings (SSSR count). The molecule has 3 nitrogen and oxygen atoms in total. The molecule has 1 saturated heterocycles. The Morgan fingerprint density at radius 1 is 1.15 bits per heavy atom. The van der Waals surface area contributed by atoms with Crippen LogP contribution in [0, 0.1) is 18.8 Å². The Balaban J connectivity index is 1.97. The highest BCUT2D eigenvalue weighted by atomic mass is 79.9. The van der Waals surface area contributed by atoms with Crippen molar-refractivity contribution in [1.82, 2.24) is 0 Å². The lowest BCUT2D eigenvalue weighted by Crippen LogP contribution is -2.30. The predicted octanol–water partition coefficient (Wildman–Crippen LogP) is 3.60. The quantitative estimate of drug-likeness (QED) is 0.581. The van der Waals surface area contributed by atoms with Crippen LogP contribution in [0.5, 0.6) is 0 Å². The van der Waals surface area contributed by atoms with Gasteiger partial charge in [-0.1, -0.05) is 33.6 Å². The van der Waals surface area contributed by atoms with Crippen molar-refractivity contribution < 1.29 is 9.59 Å². The first-order valence-corrected chi connectivity index (χ1v) is 7.58. The molecule has 2 amide bonds. The number of hydrogen-bond acceptors (Lipinski definition) is 2. The van der Waals surface area contributed by atoms with Crippen LogP contribution in [0.4, 0.5) is 5.69 Å². The summed E-state index contributed by atoms with van der Waals surface area (Å²) in [7, 11) is 0. The number of halogens is 1. The maximum atomic E-state index is 12.6. The fourth-order valence-corrected chi connectivity index (χ4v) is 3.38. The van der Waals surface area contributed by atoms with Gasteiger partial charge >= 0.3 is 0 Å². The van der Waals surface area contributed by atoms with Crippen LogP contribution in [0.1, 0.15) is 25.3 Å². The topological polar surface area (TPSA) is 37.4 Å². The Kier molecular flexibility index (Phi) is 3.28. The van der Waals surface area contributed by atoms with Crippen molar-refractivity contribution in [3.05, 3.63) is 39.9 Å². The van der Waals surface area contributed by atoms with E-state index in [4.69, 9.17) is 0 Å². The minimum Gasteiger partial charge on any atom is -0.274 e. The molecule has 1 aliphatic heterocycles. The Morgan fingerprint density at radius 2 is 1.85 bits per heavy atom. The van der Waals surface area contributed by atoms with Crippen LogP contribution < -0.4 is 4.90 Å². The molecule has 4 heteroatoms. The van der Waals surface area contributed by atoms with Crippen LogP contribution in [0.2, 0.25) is 0 Å². The van der Waals surface area contributed by atoms with Gasteiger partial charge in [0.2, 0.25) is 11.8 Å². The second kappa shape index (κ2) is 4.85. The van der Waals surface area contributed by atoms with E-state index < -0.39 is 0 Å². The molecular formula is C16H16BrNO2. The zero-order chi connectivity index (χ0) is 14.4. The summed E-state index contributed by atoms with van der Waals surface area (Å²) in [6.07, 6.45) is 3.48. The van der Waals surface area contributed by atoms with Gasteiger partial charge in [0, 0.05) is 4.47 Å². The van der Waals surface area contributed by atoms with Gasteiger partial charge in [0.25, 0.3) is 0 Å². The molecule has 0 unspecified atom stereocenters. The molecular weight excluding hydrogens is 318 g/mol. The molecule has 1 aromatic carbocycles. The molecule has 0 saturated carbocycles. The molecule has 0 N–H and O–H groups in total. The molecule has 0 aromatic heterocycles. The smallest absolute Gasteiger partial charge is 0.238 e. The Morgan fingerprint density at radius 3 is 2.55 bits per heavy atom. The highest BCUT2D eigenvalue weighted by Gasteiger charge is 2.48. The molecule has 1 fully saturated rings. The maximum absolute atomic E-state index is 12.6. The van der Waals surface area contributed by atoms with Crippen molar-refractivity contribution in [2.45, 2.75) is 26.7 Å². The van der Waals surface area contributed by atoms with Crippen molar-refractivity contribution in [3.8, 4) is 0 Å². The van der Waals surface area contributed by atoms with E-state index in [1.807, 2.05) is 32.0 Å². The average molecular weight is 334 g/mol. The van der Waals surface area contributed by atoms with Crippen molar-refractivity contribution in [2.24, 2.45) is 11.8 Å². The van der Waals surface area contributed by atoms with E-state index in [9.17, 15) is 9.59 Å². The van der Waals surface area contributed by atoms with Crippen molar-refractivity contribution in [1.29, 1.82) is 0 Å². The largest absolute Gasteiger partial charge is 0.274 e. The summed E-state index contributed by atoms with van der Waals surface area (Å²) >= 11 is 3.46. The number of carbonyl (C=O) groups is 2. The van der Waals surface area contributed by atoms with Crippen LogP contribution in [0.3, 0.4) is 0 Å². The van der Waals surface area contributed by atoms with Gasteiger partial charge < -0.3 is 0 Å². The van der Waals surface area contributed by atoms with Crippen molar-refractivity contribution >= 4 is 33.4 Å². The van der Waals surface area contributed by atoms with E-state index in [1.54, 1.807) is 0 Å². The van der Waals surface area contributed by atoms with Crippen LogP contribution in [0.15, 0.2) is 34.3 Å². The van der Waals surface area contributed by atoms with Crippen LogP contribution in [-0.4, -0.2) is 11.8 Å². The predicted molar refractivity (Wildman–Crippen MR) is 81.3 cm³/mol. The fraction of sp³-hybridized carbons (Fsp3) is 0.375. The SMILES string of the molecule is CC1=CC[C@@H]2C(=O)N(c3ccc(C)c(Br)c3)C(=O)[C@H]2C1. The monoisotopic (exact) mass is 333 g/mol. The van der Waals surface area contributed by atoms with Crippen LogP contribution >= 0.6 is 15.9 Å². The Bertz CT molecular complexity index is 635. The summed E-state index contributed by atoms with van der Waals surface area (Å²) in [5, 5.41) is 0. The molecule has 20 heavy (non-hydrogen) atoms. The number of nitrogens with zero attached hydrogens (tertiary/aromatic N) is 1. The van der Waals surface area contributed by atoms with Crippen molar-refractivity contribution in [3.63, 3.8) is 0 Å². The van der Waals surface area contributed by atoms with E-state index in [0.29, 0.717) is 18.5 Å². The first-order chi connectivity index (χ1) is 9.49. The Hall–Kier alpha value is -1.42. The van der Waals surface area contributed by atoms with Gasteiger partial charge in [0.1, 0.15) is 0 Å². The average Bonchev–Trinajstić information content (AvgIpc) is 2.65. The summed E-state index contributed by atoms with van der Waals surface area (Å²) in [6.45, 7) is 4.01. The second-order valence-corrected chi connectivity index (χ2v) is 6.50. The third-order valence-electron chi connectivity index (χ3n) is 4.24. The zero-order valence-corrected chi connectivity index (χ0v) is 13.1. The summed E-state index contributed by atoms with van der Waals surface area (Å²) in [5.41, 5.74) is 2.96. The van der Waals surface area contributed by atoms with E-state index >= 15 is 0 Å². The highest BCUT2D eigenvalue weighted by Crippen LogP contribution is 2.40. The molecule has 0 radical (unpaired) electrons. The van der Waals surface area contributed by atoms with Crippen LogP contribution in [0.25, 0.3) is 0 Å². The lowest BCUT2D eigenvalue weighted by Gasteiger charge is -2.18. The first-order valence-electron chi connectivity index (χ1n) is 6.78. The van der Waals surface area contributed by atoms with Gasteiger partial charge in [-0.2, -0.15) is 0 Å². The molecule has 1 heterocycles. The van der Waals surface area contributed by atoms with E-state index in [1.165, 1.54) is 10.5 Å². The summed E-state index contributed by atoms with van der Waals surface area (Å²) in [5.74, 6) is -0.457. The number of rotatable bonds is 1. The third-order valence-corrected chi connectivity index (χ3v) is 5.09. The molecule has 1 aromatic rings. The number of carbonyl (C=O) groups excluding carboxylic acids is 2. The number of aryl methyl sites for hydroxylation is 1. The van der Waals surface area contributed by atoms with Crippen LogP contribution in [-0.2, 0) is 9.59 Å². The number of hydrogen-bond donors (Lipinski definition) is 0. The minimum atomic E-state index is -0.175. The lowest BCUT2D eigenvalue weighted by molar-refractivity contribution is -0.122. The normalized spacial score (nSPS) is 25.8. The second-order valence-electron chi connectivity index (χ2n) is 5.65. The number of amides is 2. The van der Waals surface area contributed by atoms with Gasteiger partial charge in [-0.3, -0.25) is 9.59 Å². The molecule has 2 atom stereocenters. The number of anilines is 1. The highest BCUT2D eigenvalue weighted by molar-refractivity contribution is 9.10. The summed E-state index contributed by atoms with van der Waals surface area (Å²) in [6, 6.07) is 5.61. The van der Waals surface area contributed by atoms with E-state index in [2.05, 4.69) is 22.0 Å². The first kappa shape index (κ1) is 13.6. The van der Waals surface area contributed by atoms with Gasteiger partial charge in [-0.25, -0.2) is 4.90 Å². The molecule has 1 aliphatic carbocycles. The summed E-state index contributed by atoms with van der Waals surface area (Å²) < 4.78 is 0.916. The number of imide groups is 1. The third kappa shape index (κ3) is 2.03. The molecule has 2 aliphatic rings. The Labute approximate surface area is 126 Å². The number of fused-ring (bicyclic) bond motifs is 1. The standard InChI is InChI=1S/C16H16BrNO2/c1-9-3-6-12-13(7-9)16(20)18(15(12)19)11-5-4-10(2)14(17)8-11/h3-5,8,12-13H,6-7H2,1-2H3/t12-,13-/m0/s1. The summed E-state index contributed by atoms with van der Waals surface area (Å²) in [4.78, 5) is 26.4. The van der Waals surface area contributed by atoms with Gasteiger partial charge in [0.15, 0.2) is 0 Å². The zero-order valence-electron chi connectivity index (χ0n) is 11.5. The van der Waals surface area contributed by atoms with Gasteiger partial charge in [-0.15, -0.1) is 0 Å². The molecule has 104 valence electrons. The lowest BCUT2D eigenvalue weighted by atomic mass is 9.82. The van der Waals surface area contributed by atoms with E-state index in [0.717, 1.165) is 10.0 Å². The number of allylic oxidation sites excluding steroid dienone is 2. The number of benzene rings is 1. The van der Waals surface area contributed by atoms with Gasteiger partial charge in [-0.05, 0) is 44.4 Å².